The third kappa shape index (κ3) is 1.26. The molecular weight excluding hydrogens is 172 g/mol. The van der Waals surface area contributed by atoms with Crippen molar-refractivity contribution in [3.05, 3.63) is 23.5 Å². The molecule has 0 bridgehead atoms. The largest absolute Gasteiger partial charge is 0.359 e. The fourth-order valence-corrected chi connectivity index (χ4v) is 1.95. The van der Waals surface area contributed by atoms with Gasteiger partial charge < -0.3 is 9.97 Å². The number of aromatic amines is 2. The molecule has 2 aromatic rings. The lowest BCUT2D eigenvalue weighted by atomic mass is 10.0. The van der Waals surface area contributed by atoms with Crippen molar-refractivity contribution in [2.45, 2.75) is 39.5 Å². The average molecular weight is 190 g/mol. The summed E-state index contributed by atoms with van der Waals surface area (Å²) in [6, 6.07) is 0. The molecule has 0 saturated heterocycles. The Kier molecular flexibility index (Phi) is 2.14. The summed E-state index contributed by atoms with van der Waals surface area (Å²) in [5.74, 6) is 1.14. The molecule has 0 unspecified atom stereocenters. The van der Waals surface area contributed by atoms with E-state index in [1.54, 1.807) is 0 Å². The Balaban J connectivity index is 2.61. The summed E-state index contributed by atoms with van der Waals surface area (Å²) in [5.41, 5.74) is 5.33. The standard InChI is InChI=1S/C12H18N2/c1-7(2)9-5-13-12-10(8(3)4)6-14-11(9)12/h5-8,13-14H,1-4H3. The zero-order valence-electron chi connectivity index (χ0n) is 9.31. The maximum atomic E-state index is 3.37. The minimum absolute atomic E-state index is 0.572. The first kappa shape index (κ1) is 9.38. The van der Waals surface area contributed by atoms with E-state index in [9.17, 15) is 0 Å². The van der Waals surface area contributed by atoms with Gasteiger partial charge >= 0.3 is 0 Å². The SMILES string of the molecule is CC(C)c1c[nH]c2c(C(C)C)c[nH]c12. The van der Waals surface area contributed by atoms with Gasteiger partial charge in [0.15, 0.2) is 0 Å². The first-order chi connectivity index (χ1) is 6.61. The van der Waals surface area contributed by atoms with Gasteiger partial charge in [-0.25, -0.2) is 0 Å². The van der Waals surface area contributed by atoms with E-state index in [-0.39, 0.29) is 0 Å². The van der Waals surface area contributed by atoms with Crippen LogP contribution in [0.2, 0.25) is 0 Å². The maximum absolute atomic E-state index is 3.37. The summed E-state index contributed by atoms with van der Waals surface area (Å²) in [6.07, 6.45) is 4.25. The molecule has 14 heavy (non-hydrogen) atoms. The van der Waals surface area contributed by atoms with Crippen molar-refractivity contribution >= 4 is 11.0 Å². The molecule has 0 amide bonds. The molecule has 0 atom stereocenters. The van der Waals surface area contributed by atoms with Crippen LogP contribution in [-0.2, 0) is 0 Å². The second kappa shape index (κ2) is 3.19. The quantitative estimate of drug-likeness (QED) is 0.723. The third-order valence-corrected chi connectivity index (χ3v) is 2.82. The van der Waals surface area contributed by atoms with Crippen LogP contribution in [-0.4, -0.2) is 9.97 Å². The minimum atomic E-state index is 0.572. The van der Waals surface area contributed by atoms with Crippen LogP contribution < -0.4 is 0 Å². The first-order valence-electron chi connectivity index (χ1n) is 5.29. The molecule has 0 saturated carbocycles. The van der Waals surface area contributed by atoms with Crippen molar-refractivity contribution in [3.8, 4) is 0 Å². The predicted octanol–water partition coefficient (Wildman–Crippen LogP) is 3.74. The monoisotopic (exact) mass is 190 g/mol. The highest BCUT2D eigenvalue weighted by molar-refractivity contribution is 5.84. The summed E-state index contributed by atoms with van der Waals surface area (Å²) in [5, 5.41) is 0. The van der Waals surface area contributed by atoms with E-state index in [0.29, 0.717) is 11.8 Å². The van der Waals surface area contributed by atoms with Gasteiger partial charge in [0.1, 0.15) is 0 Å². The van der Waals surface area contributed by atoms with E-state index in [4.69, 9.17) is 0 Å². The average Bonchev–Trinajstić information content (AvgIpc) is 2.59. The number of nitrogens with one attached hydrogen (secondary N) is 2. The Morgan fingerprint density at radius 3 is 1.43 bits per heavy atom. The van der Waals surface area contributed by atoms with Gasteiger partial charge in [-0.2, -0.15) is 0 Å². The first-order valence-corrected chi connectivity index (χ1v) is 5.29. The topological polar surface area (TPSA) is 31.6 Å². The van der Waals surface area contributed by atoms with Gasteiger partial charge in [0, 0.05) is 12.4 Å². The molecule has 0 aromatic carbocycles. The van der Waals surface area contributed by atoms with Gasteiger partial charge in [-0.05, 0) is 23.0 Å². The van der Waals surface area contributed by atoms with E-state index >= 15 is 0 Å². The fraction of sp³-hybridized carbons (Fsp3) is 0.500. The van der Waals surface area contributed by atoms with Gasteiger partial charge in [-0.15, -0.1) is 0 Å². The van der Waals surface area contributed by atoms with Crippen LogP contribution in [0, 0.1) is 0 Å². The fourth-order valence-electron chi connectivity index (χ4n) is 1.95. The highest BCUT2D eigenvalue weighted by Crippen LogP contribution is 2.29. The van der Waals surface area contributed by atoms with E-state index in [0.717, 1.165) is 0 Å². The molecule has 0 fully saturated rings. The molecule has 2 aromatic heterocycles. The summed E-state index contributed by atoms with van der Waals surface area (Å²) < 4.78 is 0. The van der Waals surface area contributed by atoms with Crippen molar-refractivity contribution in [2.24, 2.45) is 0 Å². The highest BCUT2D eigenvalue weighted by Gasteiger charge is 2.13. The lowest BCUT2D eigenvalue weighted by Gasteiger charge is -1.99. The molecule has 2 N–H and O–H groups in total. The van der Waals surface area contributed by atoms with Gasteiger partial charge in [0.05, 0.1) is 11.0 Å². The lowest BCUT2D eigenvalue weighted by molar-refractivity contribution is 0.867. The maximum Gasteiger partial charge on any atom is 0.0672 e. The van der Waals surface area contributed by atoms with Crippen LogP contribution in [0.1, 0.15) is 50.7 Å². The van der Waals surface area contributed by atoms with Crippen LogP contribution in [0.4, 0.5) is 0 Å². The smallest absolute Gasteiger partial charge is 0.0672 e. The molecular formula is C12H18N2. The molecule has 0 aliphatic rings. The Labute approximate surface area is 84.7 Å². The van der Waals surface area contributed by atoms with E-state index < -0.39 is 0 Å². The van der Waals surface area contributed by atoms with Crippen LogP contribution in [0.25, 0.3) is 11.0 Å². The van der Waals surface area contributed by atoms with Crippen LogP contribution in [0.5, 0.6) is 0 Å². The number of hydrogen-bond acceptors (Lipinski definition) is 0. The van der Waals surface area contributed by atoms with E-state index in [2.05, 4.69) is 50.1 Å². The number of aromatic nitrogens is 2. The Morgan fingerprint density at radius 1 is 0.786 bits per heavy atom. The molecule has 2 nitrogen and oxygen atoms in total. The van der Waals surface area contributed by atoms with Gasteiger partial charge in [-0.3, -0.25) is 0 Å². The van der Waals surface area contributed by atoms with E-state index in [1.165, 1.54) is 22.2 Å². The van der Waals surface area contributed by atoms with Gasteiger partial charge in [0.25, 0.3) is 0 Å². The van der Waals surface area contributed by atoms with E-state index in [1.807, 2.05) is 0 Å². The number of H-pyrrole nitrogens is 2. The molecule has 2 heterocycles. The molecule has 0 spiro atoms. The Morgan fingerprint density at radius 2 is 1.14 bits per heavy atom. The van der Waals surface area contributed by atoms with Crippen molar-refractivity contribution in [1.29, 1.82) is 0 Å². The van der Waals surface area contributed by atoms with Crippen molar-refractivity contribution < 1.29 is 0 Å². The molecule has 2 heteroatoms. The second-order valence-electron chi connectivity index (χ2n) is 4.55. The van der Waals surface area contributed by atoms with Crippen LogP contribution in [0.15, 0.2) is 12.4 Å². The highest BCUT2D eigenvalue weighted by atomic mass is 14.8. The van der Waals surface area contributed by atoms with Gasteiger partial charge in [0.2, 0.25) is 0 Å². The third-order valence-electron chi connectivity index (χ3n) is 2.82. The Hall–Kier alpha value is -1.18. The zero-order valence-corrected chi connectivity index (χ0v) is 9.31. The summed E-state index contributed by atoms with van der Waals surface area (Å²) in [4.78, 5) is 6.74. The summed E-state index contributed by atoms with van der Waals surface area (Å²) >= 11 is 0. The summed E-state index contributed by atoms with van der Waals surface area (Å²) in [7, 11) is 0. The Bertz CT molecular complexity index is 390. The van der Waals surface area contributed by atoms with Crippen LogP contribution in [0.3, 0.4) is 0 Å². The lowest BCUT2D eigenvalue weighted by Crippen LogP contribution is -1.83. The summed E-state index contributed by atoms with van der Waals surface area (Å²) in [6.45, 7) is 8.88. The number of hydrogen-bond donors (Lipinski definition) is 2. The van der Waals surface area contributed by atoms with Crippen molar-refractivity contribution in [3.63, 3.8) is 0 Å². The number of fused-ring (bicyclic) bond motifs is 1. The molecule has 0 radical (unpaired) electrons. The molecule has 0 aliphatic heterocycles. The number of rotatable bonds is 2. The zero-order chi connectivity index (χ0) is 10.3. The van der Waals surface area contributed by atoms with Gasteiger partial charge in [-0.1, -0.05) is 27.7 Å². The van der Waals surface area contributed by atoms with Crippen LogP contribution >= 0.6 is 0 Å². The predicted molar refractivity (Wildman–Crippen MR) is 60.8 cm³/mol. The normalized spacial score (nSPS) is 12.1. The van der Waals surface area contributed by atoms with Crippen molar-refractivity contribution in [2.75, 3.05) is 0 Å². The molecule has 76 valence electrons. The second-order valence-corrected chi connectivity index (χ2v) is 4.55. The minimum Gasteiger partial charge on any atom is -0.359 e. The molecule has 2 rings (SSSR count). The molecule has 0 aliphatic carbocycles. The van der Waals surface area contributed by atoms with Crippen molar-refractivity contribution in [1.82, 2.24) is 9.97 Å².